The van der Waals surface area contributed by atoms with Crippen molar-refractivity contribution in [3.63, 3.8) is 0 Å². The Morgan fingerprint density at radius 2 is 1.78 bits per heavy atom. The molecule has 0 bridgehead atoms. The molecule has 0 fully saturated rings. The summed E-state index contributed by atoms with van der Waals surface area (Å²) in [5, 5.41) is 12.6. The average molecular weight is 249 g/mol. The van der Waals surface area contributed by atoms with E-state index in [1.807, 2.05) is 0 Å². The average Bonchev–Trinajstić information content (AvgIpc) is 2.38. The van der Waals surface area contributed by atoms with E-state index in [-0.39, 0.29) is 0 Å². The Hall–Kier alpha value is -0.860. The molecule has 1 aromatic rings. The maximum absolute atomic E-state index is 8.99. The van der Waals surface area contributed by atoms with Crippen LogP contribution in [0.1, 0.15) is 45.2 Å². The SMILES string of the molecule is CC(CO)CCCNC(c1ccccc1)C(C)C. The van der Waals surface area contributed by atoms with Gasteiger partial charge >= 0.3 is 0 Å². The molecular weight excluding hydrogens is 222 g/mol. The molecule has 2 nitrogen and oxygen atoms in total. The topological polar surface area (TPSA) is 32.3 Å². The Bertz CT molecular complexity index is 310. The van der Waals surface area contributed by atoms with Gasteiger partial charge in [-0.05, 0) is 36.8 Å². The standard InChI is InChI=1S/C16H27NO/c1-13(2)16(15-9-5-4-6-10-15)17-11-7-8-14(3)12-18/h4-6,9-10,13-14,16-18H,7-8,11-12H2,1-3H3. The fourth-order valence-electron chi connectivity index (χ4n) is 2.20. The highest BCUT2D eigenvalue weighted by molar-refractivity contribution is 5.19. The van der Waals surface area contributed by atoms with E-state index in [1.54, 1.807) is 0 Å². The van der Waals surface area contributed by atoms with E-state index in [0.29, 0.717) is 24.5 Å². The van der Waals surface area contributed by atoms with Crippen molar-refractivity contribution >= 4 is 0 Å². The maximum atomic E-state index is 8.99. The van der Waals surface area contributed by atoms with Crippen molar-refractivity contribution in [1.29, 1.82) is 0 Å². The van der Waals surface area contributed by atoms with Crippen molar-refractivity contribution in [3.8, 4) is 0 Å². The van der Waals surface area contributed by atoms with Crippen LogP contribution in [0.2, 0.25) is 0 Å². The molecule has 1 rings (SSSR count). The molecule has 0 saturated heterocycles. The van der Waals surface area contributed by atoms with Crippen molar-refractivity contribution in [2.75, 3.05) is 13.2 Å². The summed E-state index contributed by atoms with van der Waals surface area (Å²) in [6, 6.07) is 11.1. The normalized spacial score (nSPS) is 14.7. The predicted octanol–water partition coefficient (Wildman–Crippen LogP) is 3.38. The summed E-state index contributed by atoms with van der Waals surface area (Å²) in [4.78, 5) is 0. The zero-order chi connectivity index (χ0) is 13.4. The Labute approximate surface area is 111 Å². The van der Waals surface area contributed by atoms with Gasteiger partial charge in [-0.15, -0.1) is 0 Å². The molecule has 0 heterocycles. The first-order valence-electron chi connectivity index (χ1n) is 7.04. The molecule has 1 aromatic carbocycles. The zero-order valence-electron chi connectivity index (χ0n) is 11.9. The Morgan fingerprint density at radius 1 is 1.11 bits per heavy atom. The highest BCUT2D eigenvalue weighted by Crippen LogP contribution is 2.21. The second-order valence-corrected chi connectivity index (χ2v) is 5.52. The van der Waals surface area contributed by atoms with Gasteiger partial charge in [0.25, 0.3) is 0 Å². The number of nitrogens with one attached hydrogen (secondary N) is 1. The number of aliphatic hydroxyl groups is 1. The molecular formula is C16H27NO. The van der Waals surface area contributed by atoms with Gasteiger partial charge < -0.3 is 10.4 Å². The van der Waals surface area contributed by atoms with Crippen LogP contribution in [0.15, 0.2) is 30.3 Å². The first kappa shape index (κ1) is 15.2. The van der Waals surface area contributed by atoms with Crippen LogP contribution in [0.4, 0.5) is 0 Å². The van der Waals surface area contributed by atoms with Crippen LogP contribution in [0.25, 0.3) is 0 Å². The van der Waals surface area contributed by atoms with Crippen molar-refractivity contribution in [1.82, 2.24) is 5.32 Å². The van der Waals surface area contributed by atoms with Crippen molar-refractivity contribution in [2.24, 2.45) is 11.8 Å². The Balaban J connectivity index is 2.40. The fraction of sp³-hybridized carbons (Fsp3) is 0.625. The lowest BCUT2D eigenvalue weighted by atomic mass is 9.96. The van der Waals surface area contributed by atoms with Crippen LogP contribution in [0.3, 0.4) is 0 Å². The van der Waals surface area contributed by atoms with Gasteiger partial charge in [-0.2, -0.15) is 0 Å². The molecule has 2 N–H and O–H groups in total. The number of hydrogen-bond donors (Lipinski definition) is 2. The molecule has 0 aliphatic heterocycles. The fourth-order valence-corrected chi connectivity index (χ4v) is 2.20. The number of hydrogen-bond acceptors (Lipinski definition) is 2. The minimum atomic E-state index is 0.298. The van der Waals surface area contributed by atoms with Gasteiger partial charge in [0.2, 0.25) is 0 Å². The van der Waals surface area contributed by atoms with Gasteiger partial charge in [-0.1, -0.05) is 51.1 Å². The lowest BCUT2D eigenvalue weighted by Crippen LogP contribution is -2.27. The van der Waals surface area contributed by atoms with Crippen molar-refractivity contribution in [2.45, 2.75) is 39.7 Å². The molecule has 18 heavy (non-hydrogen) atoms. The molecule has 0 aromatic heterocycles. The third kappa shape index (κ3) is 5.19. The lowest BCUT2D eigenvalue weighted by molar-refractivity contribution is 0.227. The molecule has 2 atom stereocenters. The zero-order valence-corrected chi connectivity index (χ0v) is 11.9. The number of rotatable bonds is 8. The molecule has 0 spiro atoms. The quantitative estimate of drug-likeness (QED) is 0.692. The molecule has 0 saturated carbocycles. The summed E-state index contributed by atoms with van der Waals surface area (Å²) in [6.07, 6.45) is 2.21. The third-order valence-corrected chi connectivity index (χ3v) is 3.37. The van der Waals surface area contributed by atoms with E-state index in [9.17, 15) is 0 Å². The highest BCUT2D eigenvalue weighted by atomic mass is 16.3. The molecule has 0 radical (unpaired) electrons. The van der Waals surface area contributed by atoms with Crippen LogP contribution in [0.5, 0.6) is 0 Å². The van der Waals surface area contributed by atoms with Crippen LogP contribution in [0, 0.1) is 11.8 Å². The summed E-state index contributed by atoms with van der Waals surface area (Å²) >= 11 is 0. The van der Waals surface area contributed by atoms with E-state index in [4.69, 9.17) is 5.11 Å². The summed E-state index contributed by atoms with van der Waals surface area (Å²) in [6.45, 7) is 7.91. The lowest BCUT2D eigenvalue weighted by Gasteiger charge is -2.23. The Morgan fingerprint density at radius 3 is 2.33 bits per heavy atom. The predicted molar refractivity (Wildman–Crippen MR) is 77.5 cm³/mol. The van der Waals surface area contributed by atoms with Crippen molar-refractivity contribution in [3.05, 3.63) is 35.9 Å². The third-order valence-electron chi connectivity index (χ3n) is 3.37. The summed E-state index contributed by atoms with van der Waals surface area (Å²) < 4.78 is 0. The Kier molecular flexibility index (Phi) is 6.99. The molecule has 102 valence electrons. The monoisotopic (exact) mass is 249 g/mol. The first-order chi connectivity index (χ1) is 8.65. The van der Waals surface area contributed by atoms with Gasteiger partial charge in [0.05, 0.1) is 0 Å². The number of aliphatic hydroxyl groups excluding tert-OH is 1. The van der Waals surface area contributed by atoms with Crippen LogP contribution in [-0.4, -0.2) is 18.3 Å². The minimum Gasteiger partial charge on any atom is -0.396 e. The van der Waals surface area contributed by atoms with E-state index < -0.39 is 0 Å². The van der Waals surface area contributed by atoms with Crippen molar-refractivity contribution < 1.29 is 5.11 Å². The van der Waals surface area contributed by atoms with Gasteiger partial charge in [-0.25, -0.2) is 0 Å². The summed E-state index contributed by atoms with van der Waals surface area (Å²) in [5.41, 5.74) is 1.36. The molecule has 0 aliphatic carbocycles. The first-order valence-corrected chi connectivity index (χ1v) is 7.04. The van der Waals surface area contributed by atoms with Crippen LogP contribution < -0.4 is 5.32 Å². The van der Waals surface area contributed by atoms with E-state index >= 15 is 0 Å². The van der Waals surface area contributed by atoms with Gasteiger partial charge in [0, 0.05) is 12.6 Å². The maximum Gasteiger partial charge on any atom is 0.0456 e. The van der Waals surface area contributed by atoms with Crippen LogP contribution in [-0.2, 0) is 0 Å². The smallest absolute Gasteiger partial charge is 0.0456 e. The second kappa shape index (κ2) is 8.28. The largest absolute Gasteiger partial charge is 0.396 e. The molecule has 2 heteroatoms. The minimum absolute atomic E-state index is 0.298. The molecule has 0 amide bonds. The van der Waals surface area contributed by atoms with E-state index in [0.717, 1.165) is 19.4 Å². The molecule has 0 aliphatic rings. The second-order valence-electron chi connectivity index (χ2n) is 5.52. The molecule has 2 unspecified atom stereocenters. The van der Waals surface area contributed by atoms with E-state index in [2.05, 4.69) is 56.4 Å². The van der Waals surface area contributed by atoms with Crippen LogP contribution >= 0.6 is 0 Å². The van der Waals surface area contributed by atoms with Gasteiger partial charge in [0.15, 0.2) is 0 Å². The summed E-state index contributed by atoms with van der Waals surface area (Å²) in [5.74, 6) is 1.00. The number of benzene rings is 1. The summed E-state index contributed by atoms with van der Waals surface area (Å²) in [7, 11) is 0. The van der Waals surface area contributed by atoms with Gasteiger partial charge in [-0.3, -0.25) is 0 Å². The van der Waals surface area contributed by atoms with Gasteiger partial charge in [0.1, 0.15) is 0 Å². The highest BCUT2D eigenvalue weighted by Gasteiger charge is 2.14. The van der Waals surface area contributed by atoms with E-state index in [1.165, 1.54) is 5.56 Å².